The molecule has 0 aromatic rings. The molecule has 0 radical (unpaired) electrons. The number of amides is 1. The Bertz CT molecular complexity index is 350. The third-order valence-corrected chi connectivity index (χ3v) is 3.91. The highest BCUT2D eigenvalue weighted by Gasteiger charge is 2.30. The van der Waals surface area contributed by atoms with Crippen molar-refractivity contribution in [2.75, 3.05) is 33.2 Å². The minimum Gasteiger partial charge on any atom is -0.444 e. The quantitative estimate of drug-likeness (QED) is 0.867. The van der Waals surface area contributed by atoms with Gasteiger partial charge in [-0.15, -0.1) is 0 Å². The lowest BCUT2D eigenvalue weighted by Crippen LogP contribution is -2.51. The molecular weight excluding hydrogens is 278 g/mol. The molecule has 22 heavy (non-hydrogen) atoms. The first-order chi connectivity index (χ1) is 9.99. The second-order valence-electron chi connectivity index (χ2n) is 8.33. The van der Waals surface area contributed by atoms with Crippen molar-refractivity contribution in [1.29, 1.82) is 0 Å². The number of hydrogen-bond acceptors (Lipinski definition) is 4. The zero-order valence-electron chi connectivity index (χ0n) is 15.5. The van der Waals surface area contributed by atoms with E-state index in [0.29, 0.717) is 12.6 Å². The molecule has 1 fully saturated rings. The van der Waals surface area contributed by atoms with Crippen molar-refractivity contribution in [3.63, 3.8) is 0 Å². The van der Waals surface area contributed by atoms with Crippen molar-refractivity contribution in [1.82, 2.24) is 15.1 Å². The number of piperidine rings is 1. The first-order valence-corrected chi connectivity index (χ1v) is 8.41. The van der Waals surface area contributed by atoms with Gasteiger partial charge in [0.15, 0.2) is 0 Å². The Morgan fingerprint density at radius 3 is 2.18 bits per heavy atom. The average molecular weight is 313 g/mol. The van der Waals surface area contributed by atoms with Crippen LogP contribution >= 0.6 is 0 Å². The van der Waals surface area contributed by atoms with Gasteiger partial charge < -0.3 is 19.9 Å². The van der Waals surface area contributed by atoms with Crippen LogP contribution in [0.25, 0.3) is 0 Å². The van der Waals surface area contributed by atoms with Gasteiger partial charge >= 0.3 is 6.09 Å². The maximum atomic E-state index is 12.4. The molecule has 130 valence electrons. The number of rotatable bonds is 4. The third-order valence-electron chi connectivity index (χ3n) is 3.91. The lowest BCUT2D eigenvalue weighted by molar-refractivity contribution is 0.00633. The highest BCUT2D eigenvalue weighted by Crippen LogP contribution is 2.18. The highest BCUT2D eigenvalue weighted by molar-refractivity contribution is 5.69. The molecule has 0 aromatic heterocycles. The van der Waals surface area contributed by atoms with Gasteiger partial charge in [0, 0.05) is 24.7 Å². The molecule has 0 saturated carbocycles. The molecule has 0 aliphatic carbocycles. The van der Waals surface area contributed by atoms with E-state index in [-0.39, 0.29) is 11.6 Å². The Kier molecular flexibility index (Phi) is 6.68. The number of likely N-dealkylation sites (tertiary alicyclic amines) is 1. The summed E-state index contributed by atoms with van der Waals surface area (Å²) in [5.41, 5.74) is -0.696. The summed E-state index contributed by atoms with van der Waals surface area (Å²) < 4.78 is 5.54. The van der Waals surface area contributed by atoms with Crippen molar-refractivity contribution in [3.05, 3.63) is 0 Å². The predicted molar refractivity (Wildman–Crippen MR) is 91.2 cm³/mol. The van der Waals surface area contributed by atoms with Gasteiger partial charge in [0.25, 0.3) is 0 Å². The van der Waals surface area contributed by atoms with Crippen LogP contribution in [0, 0.1) is 0 Å². The largest absolute Gasteiger partial charge is 0.444 e. The van der Waals surface area contributed by atoms with Gasteiger partial charge in [0.1, 0.15) is 5.60 Å². The minimum absolute atomic E-state index is 0.231. The van der Waals surface area contributed by atoms with Gasteiger partial charge in [-0.1, -0.05) is 0 Å². The van der Waals surface area contributed by atoms with Crippen molar-refractivity contribution < 1.29 is 9.53 Å². The summed E-state index contributed by atoms with van der Waals surface area (Å²) in [6, 6.07) is 0.566. The van der Waals surface area contributed by atoms with Crippen LogP contribution in [-0.2, 0) is 4.74 Å². The van der Waals surface area contributed by atoms with E-state index in [9.17, 15) is 4.79 Å². The number of carbonyl (C=O) groups is 1. The maximum Gasteiger partial charge on any atom is 0.410 e. The summed E-state index contributed by atoms with van der Waals surface area (Å²) >= 11 is 0. The fourth-order valence-electron chi connectivity index (χ4n) is 2.61. The van der Waals surface area contributed by atoms with Crippen LogP contribution in [0.15, 0.2) is 0 Å². The van der Waals surface area contributed by atoms with Crippen LogP contribution in [0.4, 0.5) is 4.79 Å². The predicted octanol–water partition coefficient (Wildman–Crippen LogP) is 2.71. The monoisotopic (exact) mass is 313 g/mol. The molecule has 1 aliphatic rings. The molecule has 5 nitrogen and oxygen atoms in total. The van der Waals surface area contributed by atoms with E-state index in [0.717, 1.165) is 19.6 Å². The number of ether oxygens (including phenoxy) is 1. The van der Waals surface area contributed by atoms with Crippen molar-refractivity contribution in [3.8, 4) is 0 Å². The van der Waals surface area contributed by atoms with E-state index in [4.69, 9.17) is 4.74 Å². The second kappa shape index (κ2) is 7.64. The molecule has 1 N–H and O–H groups in total. The molecule has 1 amide bonds. The minimum atomic E-state index is -0.456. The SMILES string of the molecule is CN1CCC(NCCN(C(=O)OC(C)(C)C)C(C)(C)C)CC1. The van der Waals surface area contributed by atoms with Crippen molar-refractivity contribution >= 4 is 6.09 Å². The Morgan fingerprint density at radius 1 is 1.18 bits per heavy atom. The van der Waals surface area contributed by atoms with Crippen LogP contribution in [0.5, 0.6) is 0 Å². The van der Waals surface area contributed by atoms with Gasteiger partial charge in [-0.2, -0.15) is 0 Å². The summed E-state index contributed by atoms with van der Waals surface area (Å²) in [6.07, 6.45) is 2.13. The summed E-state index contributed by atoms with van der Waals surface area (Å²) in [6.45, 7) is 15.6. The van der Waals surface area contributed by atoms with Gasteiger partial charge in [-0.05, 0) is 74.5 Å². The lowest BCUT2D eigenvalue weighted by atomic mass is 10.1. The summed E-state index contributed by atoms with van der Waals surface area (Å²) in [4.78, 5) is 16.6. The first-order valence-electron chi connectivity index (χ1n) is 8.41. The lowest BCUT2D eigenvalue weighted by Gasteiger charge is -2.37. The molecule has 1 rings (SSSR count). The smallest absolute Gasteiger partial charge is 0.410 e. The fraction of sp³-hybridized carbons (Fsp3) is 0.941. The van der Waals surface area contributed by atoms with Gasteiger partial charge in [0.05, 0.1) is 0 Å². The summed E-state index contributed by atoms with van der Waals surface area (Å²) in [5, 5.41) is 3.59. The number of nitrogens with zero attached hydrogens (tertiary/aromatic N) is 2. The van der Waals surface area contributed by atoms with E-state index in [1.807, 2.05) is 46.4 Å². The molecule has 0 atom stereocenters. The van der Waals surface area contributed by atoms with Crippen molar-refractivity contribution in [2.45, 2.75) is 71.6 Å². The Labute approximate surface area is 136 Å². The first kappa shape index (κ1) is 19.2. The molecule has 0 unspecified atom stereocenters. The average Bonchev–Trinajstić information content (AvgIpc) is 2.32. The maximum absolute atomic E-state index is 12.4. The summed E-state index contributed by atoms with van der Waals surface area (Å²) in [5.74, 6) is 0. The van der Waals surface area contributed by atoms with E-state index in [2.05, 4.69) is 17.3 Å². The molecule has 1 aliphatic heterocycles. The van der Waals surface area contributed by atoms with Gasteiger partial charge in [-0.3, -0.25) is 0 Å². The van der Waals surface area contributed by atoms with Crippen LogP contribution in [0.3, 0.4) is 0 Å². The van der Waals surface area contributed by atoms with Crippen LogP contribution in [0.1, 0.15) is 54.4 Å². The topological polar surface area (TPSA) is 44.8 Å². The molecule has 1 saturated heterocycles. The standard InChI is InChI=1S/C17H35N3O2/c1-16(2,3)20(15(21)22-17(4,5)6)13-10-18-14-8-11-19(7)12-9-14/h14,18H,8-13H2,1-7H3. The molecule has 0 aromatic carbocycles. The number of carbonyl (C=O) groups excluding carboxylic acids is 1. The Morgan fingerprint density at radius 2 is 1.73 bits per heavy atom. The van der Waals surface area contributed by atoms with E-state index in [1.54, 1.807) is 0 Å². The highest BCUT2D eigenvalue weighted by atomic mass is 16.6. The van der Waals surface area contributed by atoms with Gasteiger partial charge in [-0.25, -0.2) is 4.79 Å². The Hall–Kier alpha value is -0.810. The summed E-state index contributed by atoms with van der Waals surface area (Å²) in [7, 11) is 2.17. The van der Waals surface area contributed by atoms with E-state index < -0.39 is 5.60 Å². The Balaban J connectivity index is 2.47. The molecule has 0 spiro atoms. The molecule has 0 bridgehead atoms. The van der Waals surface area contributed by atoms with Crippen LogP contribution in [0.2, 0.25) is 0 Å². The van der Waals surface area contributed by atoms with Crippen molar-refractivity contribution in [2.24, 2.45) is 0 Å². The zero-order chi connectivity index (χ0) is 17.0. The van der Waals surface area contributed by atoms with Crippen LogP contribution < -0.4 is 5.32 Å². The fourth-order valence-corrected chi connectivity index (χ4v) is 2.61. The van der Waals surface area contributed by atoms with E-state index in [1.165, 1.54) is 12.8 Å². The number of nitrogens with one attached hydrogen (secondary N) is 1. The third kappa shape index (κ3) is 6.97. The molecule has 5 heteroatoms. The molecular formula is C17H35N3O2. The zero-order valence-corrected chi connectivity index (χ0v) is 15.5. The normalized spacial score (nSPS) is 18.3. The number of hydrogen-bond donors (Lipinski definition) is 1. The van der Waals surface area contributed by atoms with Crippen LogP contribution in [-0.4, -0.2) is 66.3 Å². The second-order valence-corrected chi connectivity index (χ2v) is 8.33. The van der Waals surface area contributed by atoms with Gasteiger partial charge in [0.2, 0.25) is 0 Å². The molecule has 1 heterocycles. The van der Waals surface area contributed by atoms with E-state index >= 15 is 0 Å².